The van der Waals surface area contributed by atoms with E-state index in [4.69, 9.17) is 0 Å². The van der Waals surface area contributed by atoms with Crippen LogP contribution in [0.3, 0.4) is 0 Å². The Morgan fingerprint density at radius 1 is 1.09 bits per heavy atom. The molecule has 2 aromatic rings. The molecule has 8 heteroatoms. The molecule has 5 nitrogen and oxygen atoms in total. The molecule has 0 unspecified atom stereocenters. The SMILES string of the molecule is O=C(Nc1ccc([N+](=O)[O-])cc1)C(F)(F)Sc1ccccc1. The molecule has 0 aliphatic heterocycles. The highest BCUT2D eigenvalue weighted by Gasteiger charge is 2.40. The Balaban J connectivity index is 2.05. The number of hydrogen-bond donors (Lipinski definition) is 1. The standard InChI is InChI=1S/C14H10F2N2O3S/c15-14(16,22-12-4-2-1-3-5-12)13(19)17-10-6-8-11(9-7-10)18(20)21/h1-9H,(H,17,19). The van der Waals surface area contributed by atoms with Gasteiger partial charge in [0.15, 0.2) is 0 Å². The van der Waals surface area contributed by atoms with Crippen LogP contribution in [-0.4, -0.2) is 16.1 Å². The van der Waals surface area contributed by atoms with Crippen LogP contribution in [0.25, 0.3) is 0 Å². The zero-order chi connectivity index (χ0) is 16.2. The van der Waals surface area contributed by atoms with Crippen LogP contribution in [0.1, 0.15) is 0 Å². The Kier molecular flexibility index (Phi) is 4.71. The van der Waals surface area contributed by atoms with Gasteiger partial charge in [0, 0.05) is 22.7 Å². The molecule has 114 valence electrons. The van der Waals surface area contributed by atoms with Crippen molar-refractivity contribution in [3.8, 4) is 0 Å². The van der Waals surface area contributed by atoms with Crippen molar-refractivity contribution in [1.82, 2.24) is 0 Å². The molecule has 0 saturated heterocycles. The van der Waals surface area contributed by atoms with Gasteiger partial charge in [0.1, 0.15) is 0 Å². The maximum absolute atomic E-state index is 13.8. The van der Waals surface area contributed by atoms with Crippen molar-refractivity contribution in [2.45, 2.75) is 10.2 Å². The summed E-state index contributed by atoms with van der Waals surface area (Å²) in [6, 6.07) is 12.4. The van der Waals surface area contributed by atoms with Gasteiger partial charge in [-0.05, 0) is 36.0 Å². The maximum atomic E-state index is 13.8. The minimum atomic E-state index is -3.66. The van der Waals surface area contributed by atoms with Crippen molar-refractivity contribution in [2.24, 2.45) is 0 Å². The average molecular weight is 324 g/mol. The summed E-state index contributed by atoms with van der Waals surface area (Å²) >= 11 is 0.128. The van der Waals surface area contributed by atoms with Gasteiger partial charge in [0.25, 0.3) is 5.69 Å². The molecule has 0 aliphatic carbocycles. The number of thioether (sulfide) groups is 1. The van der Waals surface area contributed by atoms with Crippen LogP contribution in [0.5, 0.6) is 0 Å². The number of non-ortho nitro benzene ring substituents is 1. The zero-order valence-corrected chi connectivity index (χ0v) is 11.8. The summed E-state index contributed by atoms with van der Waals surface area (Å²) < 4.78 is 27.7. The van der Waals surface area contributed by atoms with E-state index in [1.54, 1.807) is 18.2 Å². The van der Waals surface area contributed by atoms with Gasteiger partial charge in [0.2, 0.25) is 0 Å². The van der Waals surface area contributed by atoms with Crippen molar-refractivity contribution < 1.29 is 18.5 Å². The summed E-state index contributed by atoms with van der Waals surface area (Å²) in [5, 5.41) is 8.86. The molecule has 0 aromatic heterocycles. The fourth-order valence-corrected chi connectivity index (χ4v) is 2.29. The highest BCUT2D eigenvalue weighted by molar-refractivity contribution is 8.01. The molecule has 0 bridgehead atoms. The Morgan fingerprint density at radius 2 is 1.68 bits per heavy atom. The number of nitrogens with zero attached hydrogens (tertiary/aromatic N) is 1. The van der Waals surface area contributed by atoms with E-state index in [1.165, 1.54) is 24.3 Å². The molecule has 2 rings (SSSR count). The Morgan fingerprint density at radius 3 is 2.23 bits per heavy atom. The van der Waals surface area contributed by atoms with E-state index in [9.17, 15) is 23.7 Å². The van der Waals surface area contributed by atoms with Crippen molar-refractivity contribution in [3.05, 3.63) is 64.7 Å². The van der Waals surface area contributed by atoms with Gasteiger partial charge in [-0.1, -0.05) is 18.2 Å². The number of carbonyl (C=O) groups excluding carboxylic acids is 1. The summed E-state index contributed by atoms with van der Waals surface area (Å²) in [5.74, 6) is -1.49. The fourth-order valence-electron chi connectivity index (χ4n) is 1.55. The van der Waals surface area contributed by atoms with Crippen molar-refractivity contribution in [3.63, 3.8) is 0 Å². The number of hydrogen-bond acceptors (Lipinski definition) is 4. The van der Waals surface area contributed by atoms with E-state index in [0.29, 0.717) is 0 Å². The van der Waals surface area contributed by atoms with Crippen LogP contribution < -0.4 is 5.32 Å². The van der Waals surface area contributed by atoms with Crippen LogP contribution in [0, 0.1) is 10.1 Å². The summed E-state index contributed by atoms with van der Waals surface area (Å²) in [7, 11) is 0. The first-order valence-corrected chi connectivity index (χ1v) is 6.88. The van der Waals surface area contributed by atoms with E-state index in [1.807, 2.05) is 5.32 Å². The van der Waals surface area contributed by atoms with E-state index < -0.39 is 16.1 Å². The van der Waals surface area contributed by atoms with E-state index >= 15 is 0 Å². The lowest BCUT2D eigenvalue weighted by Gasteiger charge is -2.15. The third kappa shape index (κ3) is 4.01. The second kappa shape index (κ2) is 6.52. The lowest BCUT2D eigenvalue weighted by molar-refractivity contribution is -0.384. The predicted molar refractivity (Wildman–Crippen MR) is 79.0 cm³/mol. The zero-order valence-electron chi connectivity index (χ0n) is 11.0. The molecule has 1 amide bonds. The second-order valence-corrected chi connectivity index (χ2v) is 5.38. The molecule has 2 aromatic carbocycles. The van der Waals surface area contributed by atoms with E-state index in [0.717, 1.165) is 12.1 Å². The number of nitrogens with one attached hydrogen (secondary N) is 1. The lowest BCUT2D eigenvalue weighted by atomic mass is 10.3. The third-order valence-electron chi connectivity index (χ3n) is 2.59. The van der Waals surface area contributed by atoms with Crippen molar-refractivity contribution in [2.75, 3.05) is 5.32 Å². The topological polar surface area (TPSA) is 72.2 Å². The van der Waals surface area contributed by atoms with Gasteiger partial charge in [-0.15, -0.1) is 0 Å². The number of amides is 1. The summed E-state index contributed by atoms with van der Waals surface area (Å²) in [6.07, 6.45) is 0. The first-order chi connectivity index (χ1) is 10.4. The molecule has 0 heterocycles. The van der Waals surface area contributed by atoms with E-state index in [-0.39, 0.29) is 28.0 Å². The maximum Gasteiger partial charge on any atom is 0.375 e. The van der Waals surface area contributed by atoms with Gasteiger partial charge in [-0.3, -0.25) is 14.9 Å². The second-order valence-electron chi connectivity index (χ2n) is 4.19. The number of alkyl halides is 2. The monoisotopic (exact) mass is 324 g/mol. The van der Waals surface area contributed by atoms with Gasteiger partial charge < -0.3 is 5.32 Å². The summed E-state index contributed by atoms with van der Waals surface area (Å²) in [4.78, 5) is 21.8. The summed E-state index contributed by atoms with van der Waals surface area (Å²) in [6.45, 7) is 0. The van der Waals surface area contributed by atoms with Crippen LogP contribution in [0.2, 0.25) is 0 Å². The van der Waals surface area contributed by atoms with Gasteiger partial charge in [-0.25, -0.2) is 0 Å². The van der Waals surface area contributed by atoms with Crippen molar-refractivity contribution in [1.29, 1.82) is 0 Å². The smallest absolute Gasteiger partial charge is 0.320 e. The lowest BCUT2D eigenvalue weighted by Crippen LogP contribution is -2.31. The highest BCUT2D eigenvalue weighted by Crippen LogP contribution is 2.36. The molecule has 1 N–H and O–H groups in total. The molecule has 0 radical (unpaired) electrons. The van der Waals surface area contributed by atoms with Gasteiger partial charge >= 0.3 is 11.2 Å². The number of carbonyl (C=O) groups is 1. The Labute approximate surface area is 128 Å². The Bertz CT molecular complexity index is 678. The predicted octanol–water partition coefficient (Wildman–Crippen LogP) is 3.92. The van der Waals surface area contributed by atoms with Crippen LogP contribution >= 0.6 is 11.8 Å². The number of anilines is 1. The molecular weight excluding hydrogens is 314 g/mol. The van der Waals surface area contributed by atoms with Crippen LogP contribution in [-0.2, 0) is 4.79 Å². The minimum Gasteiger partial charge on any atom is -0.320 e. The number of rotatable bonds is 5. The molecule has 0 atom stereocenters. The third-order valence-corrected chi connectivity index (χ3v) is 3.54. The number of benzene rings is 2. The largest absolute Gasteiger partial charge is 0.375 e. The molecule has 22 heavy (non-hydrogen) atoms. The van der Waals surface area contributed by atoms with Gasteiger partial charge in [0.05, 0.1) is 4.92 Å². The molecule has 0 aliphatic rings. The average Bonchev–Trinajstić information content (AvgIpc) is 2.48. The highest BCUT2D eigenvalue weighted by atomic mass is 32.2. The van der Waals surface area contributed by atoms with E-state index in [2.05, 4.69) is 0 Å². The molecule has 0 spiro atoms. The number of nitro benzene ring substituents is 1. The summed E-state index contributed by atoms with van der Waals surface area (Å²) in [5.41, 5.74) is -0.132. The molecule has 0 saturated carbocycles. The van der Waals surface area contributed by atoms with Crippen molar-refractivity contribution >= 4 is 29.0 Å². The first kappa shape index (κ1) is 15.9. The fraction of sp³-hybridized carbons (Fsp3) is 0.0714. The number of halogens is 2. The Hall–Kier alpha value is -2.48. The van der Waals surface area contributed by atoms with Crippen LogP contribution in [0.15, 0.2) is 59.5 Å². The minimum absolute atomic E-state index is 0.0592. The van der Waals surface area contributed by atoms with Gasteiger partial charge in [-0.2, -0.15) is 8.78 Å². The van der Waals surface area contributed by atoms with Crippen LogP contribution in [0.4, 0.5) is 20.2 Å². The normalized spacial score (nSPS) is 11.0. The number of nitro groups is 1. The molecular formula is C14H10F2N2O3S. The quantitative estimate of drug-likeness (QED) is 0.514. The first-order valence-electron chi connectivity index (χ1n) is 6.06. The molecule has 0 fully saturated rings.